The van der Waals surface area contributed by atoms with Crippen LogP contribution in [0.3, 0.4) is 0 Å². The van der Waals surface area contributed by atoms with Crippen LogP contribution in [-0.2, 0) is 0 Å². The zero-order valence-corrected chi connectivity index (χ0v) is 12.3. The molecule has 5 nitrogen and oxygen atoms in total. The number of aryl methyl sites for hydroxylation is 1. The number of aromatic hydroxyl groups is 1. The second-order valence-electron chi connectivity index (χ2n) is 4.15. The van der Waals surface area contributed by atoms with Gasteiger partial charge in [-0.1, -0.05) is 11.6 Å². The molecule has 0 aliphatic rings. The monoisotopic (exact) mass is 333 g/mol. The van der Waals surface area contributed by atoms with Gasteiger partial charge in [-0.3, -0.25) is 9.78 Å². The fourth-order valence-electron chi connectivity index (χ4n) is 1.54. The number of hydrogen-bond acceptors (Lipinski definition) is 4. The number of benzene rings is 1. The van der Waals surface area contributed by atoms with E-state index in [4.69, 9.17) is 0 Å². The molecule has 0 saturated heterocycles. The number of rotatable bonds is 3. The highest BCUT2D eigenvalue weighted by atomic mass is 79.9. The molecule has 0 fully saturated rings. The molecule has 1 heterocycles. The number of phenols is 1. The topological polar surface area (TPSA) is 74.6 Å². The lowest BCUT2D eigenvalue weighted by Crippen LogP contribution is -2.17. The second-order valence-corrected chi connectivity index (χ2v) is 5.07. The predicted octanol–water partition coefficient (Wildman–Crippen LogP) is 2.62. The summed E-state index contributed by atoms with van der Waals surface area (Å²) in [4.78, 5) is 15.7. The molecule has 20 heavy (non-hydrogen) atoms. The van der Waals surface area contributed by atoms with Crippen molar-refractivity contribution in [1.82, 2.24) is 10.4 Å². The molecule has 0 spiro atoms. The molecule has 0 saturated carbocycles. The summed E-state index contributed by atoms with van der Waals surface area (Å²) in [7, 11) is 0. The second kappa shape index (κ2) is 6.29. The quantitative estimate of drug-likeness (QED) is 0.669. The maximum atomic E-state index is 11.8. The molecular weight excluding hydrogens is 322 g/mol. The SMILES string of the molecule is Cc1ccc(O)c(C=NNC(=O)c2cncc(Br)c2)c1. The number of carbonyl (C=O) groups excluding carboxylic acids is 1. The molecule has 1 aromatic heterocycles. The Morgan fingerprint density at radius 1 is 1.40 bits per heavy atom. The Morgan fingerprint density at radius 3 is 2.95 bits per heavy atom. The van der Waals surface area contributed by atoms with E-state index in [1.165, 1.54) is 12.4 Å². The summed E-state index contributed by atoms with van der Waals surface area (Å²) in [6, 6.07) is 6.78. The van der Waals surface area contributed by atoms with Crippen LogP contribution in [0.25, 0.3) is 0 Å². The van der Waals surface area contributed by atoms with Crippen LogP contribution in [0.15, 0.2) is 46.2 Å². The first-order chi connectivity index (χ1) is 9.56. The average molecular weight is 334 g/mol. The van der Waals surface area contributed by atoms with E-state index in [-0.39, 0.29) is 11.7 Å². The summed E-state index contributed by atoms with van der Waals surface area (Å²) in [5.41, 5.74) is 4.31. The molecule has 102 valence electrons. The van der Waals surface area contributed by atoms with Gasteiger partial charge in [-0.2, -0.15) is 5.10 Å². The Balaban J connectivity index is 2.06. The van der Waals surface area contributed by atoms with E-state index < -0.39 is 0 Å². The number of aromatic nitrogens is 1. The molecule has 2 aromatic rings. The number of hydrazone groups is 1. The van der Waals surface area contributed by atoms with E-state index in [1.54, 1.807) is 30.5 Å². The highest BCUT2D eigenvalue weighted by Crippen LogP contribution is 2.15. The molecule has 0 atom stereocenters. The maximum absolute atomic E-state index is 11.8. The minimum Gasteiger partial charge on any atom is -0.507 e. The first-order valence-electron chi connectivity index (χ1n) is 5.80. The minimum absolute atomic E-state index is 0.109. The van der Waals surface area contributed by atoms with Crippen LogP contribution in [0.5, 0.6) is 5.75 Å². The van der Waals surface area contributed by atoms with E-state index in [2.05, 4.69) is 31.4 Å². The zero-order valence-electron chi connectivity index (χ0n) is 10.7. The number of nitrogens with zero attached hydrogens (tertiary/aromatic N) is 2. The fourth-order valence-corrected chi connectivity index (χ4v) is 1.90. The lowest BCUT2D eigenvalue weighted by molar-refractivity contribution is 0.0954. The Labute approximate surface area is 124 Å². The van der Waals surface area contributed by atoms with Crippen LogP contribution in [0.2, 0.25) is 0 Å². The summed E-state index contributed by atoms with van der Waals surface area (Å²) in [5.74, 6) is -0.264. The highest BCUT2D eigenvalue weighted by molar-refractivity contribution is 9.10. The number of phenolic OH excluding ortho intramolecular Hbond substituents is 1. The van der Waals surface area contributed by atoms with Crippen LogP contribution in [0, 0.1) is 6.92 Å². The van der Waals surface area contributed by atoms with E-state index in [0.29, 0.717) is 15.6 Å². The molecule has 0 radical (unpaired) electrons. The molecule has 2 N–H and O–H groups in total. The lowest BCUT2D eigenvalue weighted by atomic mass is 10.1. The molecule has 6 heteroatoms. The summed E-state index contributed by atoms with van der Waals surface area (Å²) >= 11 is 3.24. The molecule has 0 aliphatic carbocycles. The van der Waals surface area contributed by atoms with Crippen molar-refractivity contribution in [3.63, 3.8) is 0 Å². The van der Waals surface area contributed by atoms with Crippen molar-refractivity contribution in [2.45, 2.75) is 6.92 Å². The fraction of sp³-hybridized carbons (Fsp3) is 0.0714. The molecule has 2 rings (SSSR count). The number of carbonyl (C=O) groups is 1. The molecule has 0 unspecified atom stereocenters. The minimum atomic E-state index is -0.373. The zero-order chi connectivity index (χ0) is 14.5. The predicted molar refractivity (Wildman–Crippen MR) is 79.8 cm³/mol. The Hall–Kier alpha value is -2.21. The van der Waals surface area contributed by atoms with Gasteiger partial charge in [0.15, 0.2) is 0 Å². The van der Waals surface area contributed by atoms with Gasteiger partial charge in [-0.15, -0.1) is 0 Å². The van der Waals surface area contributed by atoms with Crippen LogP contribution >= 0.6 is 15.9 Å². The first-order valence-corrected chi connectivity index (χ1v) is 6.59. The van der Waals surface area contributed by atoms with Crippen molar-refractivity contribution in [3.8, 4) is 5.75 Å². The highest BCUT2D eigenvalue weighted by Gasteiger charge is 2.05. The van der Waals surface area contributed by atoms with Gasteiger partial charge < -0.3 is 5.11 Å². The molecule has 1 aromatic carbocycles. The molecule has 1 amide bonds. The Morgan fingerprint density at radius 2 is 2.20 bits per heavy atom. The van der Waals surface area contributed by atoms with Crippen molar-refractivity contribution in [1.29, 1.82) is 0 Å². The van der Waals surface area contributed by atoms with Gasteiger partial charge >= 0.3 is 0 Å². The summed E-state index contributed by atoms with van der Waals surface area (Å²) < 4.78 is 0.713. The van der Waals surface area contributed by atoms with Gasteiger partial charge in [0.1, 0.15) is 5.75 Å². The summed E-state index contributed by atoms with van der Waals surface area (Å²) in [5, 5.41) is 13.5. The van der Waals surface area contributed by atoms with Gasteiger partial charge in [-0.05, 0) is 41.1 Å². The van der Waals surface area contributed by atoms with Crippen LogP contribution in [0.1, 0.15) is 21.5 Å². The first kappa shape index (κ1) is 14.2. The van der Waals surface area contributed by atoms with Crippen LogP contribution < -0.4 is 5.43 Å². The normalized spacial score (nSPS) is 10.7. The van der Waals surface area contributed by atoms with E-state index in [0.717, 1.165) is 5.56 Å². The Bertz CT molecular complexity index is 671. The summed E-state index contributed by atoms with van der Waals surface area (Å²) in [6.45, 7) is 1.91. The largest absolute Gasteiger partial charge is 0.507 e. The maximum Gasteiger partial charge on any atom is 0.272 e. The van der Waals surface area contributed by atoms with Gasteiger partial charge in [-0.25, -0.2) is 5.43 Å². The van der Waals surface area contributed by atoms with E-state index >= 15 is 0 Å². The van der Waals surface area contributed by atoms with E-state index in [1.807, 2.05) is 6.92 Å². The van der Waals surface area contributed by atoms with Crippen LogP contribution in [-0.4, -0.2) is 22.2 Å². The third kappa shape index (κ3) is 3.64. The molecule has 0 bridgehead atoms. The number of halogens is 1. The van der Waals surface area contributed by atoms with E-state index in [9.17, 15) is 9.90 Å². The van der Waals surface area contributed by atoms with Crippen molar-refractivity contribution < 1.29 is 9.90 Å². The molecule has 0 aliphatic heterocycles. The van der Waals surface area contributed by atoms with Crippen molar-refractivity contribution in [2.24, 2.45) is 5.10 Å². The van der Waals surface area contributed by atoms with Gasteiger partial charge in [0.05, 0.1) is 11.8 Å². The number of hydrogen-bond donors (Lipinski definition) is 2. The third-order valence-electron chi connectivity index (χ3n) is 2.52. The van der Waals surface area contributed by atoms with Gasteiger partial charge in [0.25, 0.3) is 5.91 Å². The smallest absolute Gasteiger partial charge is 0.272 e. The van der Waals surface area contributed by atoms with Crippen molar-refractivity contribution >= 4 is 28.1 Å². The van der Waals surface area contributed by atoms with Crippen LogP contribution in [0.4, 0.5) is 0 Å². The van der Waals surface area contributed by atoms with Gasteiger partial charge in [0.2, 0.25) is 0 Å². The van der Waals surface area contributed by atoms with Crippen molar-refractivity contribution in [2.75, 3.05) is 0 Å². The number of amides is 1. The number of pyridine rings is 1. The molecular formula is C14H12BrN3O2. The Kier molecular flexibility index (Phi) is 4.47. The number of nitrogens with one attached hydrogen (secondary N) is 1. The van der Waals surface area contributed by atoms with Crippen molar-refractivity contribution in [3.05, 3.63) is 57.8 Å². The average Bonchev–Trinajstić information content (AvgIpc) is 2.42. The summed E-state index contributed by atoms with van der Waals surface area (Å²) in [6.07, 6.45) is 4.43. The van der Waals surface area contributed by atoms with Gasteiger partial charge in [0, 0.05) is 22.4 Å². The lowest BCUT2D eigenvalue weighted by Gasteiger charge is -2.01. The third-order valence-corrected chi connectivity index (χ3v) is 2.95. The standard InChI is InChI=1S/C14H12BrN3O2/c1-9-2-3-13(19)10(4-9)7-17-18-14(20)11-5-12(15)8-16-6-11/h2-8,19H,1H3,(H,18,20).